The van der Waals surface area contributed by atoms with Gasteiger partial charge in [0.15, 0.2) is 5.71 Å². The van der Waals surface area contributed by atoms with Gasteiger partial charge in [0.2, 0.25) is 0 Å². The van der Waals surface area contributed by atoms with Gasteiger partial charge in [-0.15, -0.1) is 11.6 Å². The summed E-state index contributed by atoms with van der Waals surface area (Å²) in [5.41, 5.74) is 2.09. The van der Waals surface area contributed by atoms with Crippen molar-refractivity contribution in [2.45, 2.75) is 12.3 Å². The van der Waals surface area contributed by atoms with Crippen molar-refractivity contribution in [1.29, 1.82) is 0 Å². The summed E-state index contributed by atoms with van der Waals surface area (Å²) >= 11 is 5.64. The van der Waals surface area contributed by atoms with Crippen molar-refractivity contribution in [3.63, 3.8) is 0 Å². The Hall–Kier alpha value is -2.66. The molecular weight excluding hydrogens is 316 g/mol. The number of para-hydroxylation sites is 2. The fraction of sp³-hybridized carbons (Fsp3) is 0.118. The number of hydrogen-bond acceptors (Lipinski definition) is 4. The lowest BCUT2D eigenvalue weighted by atomic mass is 10.1. The summed E-state index contributed by atoms with van der Waals surface area (Å²) in [5, 5.41) is 2.90. The first kappa shape index (κ1) is 15.2. The molecule has 0 N–H and O–H groups in total. The monoisotopic (exact) mass is 328 g/mol. The van der Waals surface area contributed by atoms with E-state index >= 15 is 0 Å². The number of rotatable bonds is 3. The molecule has 1 aliphatic heterocycles. The number of amides is 1. The predicted octanol–water partition coefficient (Wildman–Crippen LogP) is 3.24. The summed E-state index contributed by atoms with van der Waals surface area (Å²) in [6, 6.07) is 16.4. The van der Waals surface area contributed by atoms with Gasteiger partial charge in [-0.05, 0) is 25.1 Å². The Balaban J connectivity index is 2.02. The zero-order chi connectivity index (χ0) is 16.4. The fourth-order valence-electron chi connectivity index (χ4n) is 2.28. The lowest BCUT2D eigenvalue weighted by Crippen LogP contribution is -2.26. The molecule has 1 unspecified atom stereocenters. The van der Waals surface area contributed by atoms with E-state index in [4.69, 9.17) is 16.4 Å². The number of nitrogens with zero attached hydrogens (tertiary/aromatic N) is 2. The molecule has 2 aromatic carbocycles. The molecule has 0 fully saturated rings. The van der Waals surface area contributed by atoms with Gasteiger partial charge in [-0.1, -0.05) is 41.6 Å². The van der Waals surface area contributed by atoms with Crippen LogP contribution < -0.4 is 4.90 Å². The third-order valence-corrected chi connectivity index (χ3v) is 3.55. The molecule has 116 valence electrons. The second kappa shape index (κ2) is 6.22. The minimum atomic E-state index is -0.837. The van der Waals surface area contributed by atoms with Crippen molar-refractivity contribution >= 4 is 40.6 Å². The molecular formula is C17H13ClN2O3. The second-order valence-electron chi connectivity index (χ2n) is 4.96. The number of alkyl halides is 1. The van der Waals surface area contributed by atoms with Crippen molar-refractivity contribution in [2.24, 2.45) is 5.16 Å². The summed E-state index contributed by atoms with van der Waals surface area (Å²) in [7, 11) is 0. The van der Waals surface area contributed by atoms with E-state index in [0.29, 0.717) is 16.9 Å². The highest BCUT2D eigenvalue weighted by atomic mass is 35.5. The molecule has 6 heteroatoms. The summed E-state index contributed by atoms with van der Waals surface area (Å²) in [4.78, 5) is 30.5. The van der Waals surface area contributed by atoms with Gasteiger partial charge in [-0.2, -0.15) is 0 Å². The van der Waals surface area contributed by atoms with Crippen molar-refractivity contribution in [1.82, 2.24) is 0 Å². The summed E-state index contributed by atoms with van der Waals surface area (Å²) in [5.74, 6) is -1.06. The first-order valence-electron chi connectivity index (χ1n) is 7.01. The van der Waals surface area contributed by atoms with Gasteiger partial charge in [-0.3, -0.25) is 9.69 Å². The molecule has 0 bridgehead atoms. The van der Waals surface area contributed by atoms with E-state index in [1.54, 1.807) is 12.1 Å². The normalized spacial score (nSPS) is 16.3. The number of anilines is 2. The lowest BCUT2D eigenvalue weighted by Gasteiger charge is -2.16. The van der Waals surface area contributed by atoms with Crippen molar-refractivity contribution < 1.29 is 14.4 Å². The number of hydrogen-bond donors (Lipinski definition) is 0. The van der Waals surface area contributed by atoms with Crippen LogP contribution in [0.3, 0.4) is 0 Å². The molecule has 1 heterocycles. The minimum Gasteiger partial charge on any atom is -0.316 e. The number of oxime groups is 1. The third-order valence-electron chi connectivity index (χ3n) is 3.37. The van der Waals surface area contributed by atoms with Gasteiger partial charge >= 0.3 is 5.97 Å². The fourth-order valence-corrected chi connectivity index (χ4v) is 2.32. The lowest BCUT2D eigenvalue weighted by molar-refractivity contribution is -0.142. The second-order valence-corrected chi connectivity index (χ2v) is 5.61. The molecule has 0 radical (unpaired) electrons. The number of benzene rings is 2. The summed E-state index contributed by atoms with van der Waals surface area (Å²) < 4.78 is 0. The SMILES string of the molecule is CC(Cl)C(=O)O/N=C1\C(=O)N(c2ccccc2)c2ccccc21. The Kier molecular flexibility index (Phi) is 4.12. The number of carbonyl (C=O) groups excluding carboxylic acids is 2. The number of fused-ring (bicyclic) bond motifs is 1. The Bertz CT molecular complexity index is 787. The highest BCUT2D eigenvalue weighted by Crippen LogP contribution is 2.35. The first-order valence-corrected chi connectivity index (χ1v) is 7.45. The van der Waals surface area contributed by atoms with Gasteiger partial charge in [0.05, 0.1) is 5.69 Å². The number of halogens is 1. The maximum Gasteiger partial charge on any atom is 0.352 e. The van der Waals surface area contributed by atoms with Crippen LogP contribution in [0.4, 0.5) is 11.4 Å². The molecule has 3 rings (SSSR count). The Labute approximate surface area is 138 Å². The van der Waals surface area contributed by atoms with E-state index < -0.39 is 11.3 Å². The van der Waals surface area contributed by atoms with E-state index in [1.807, 2.05) is 42.5 Å². The summed E-state index contributed by atoms with van der Waals surface area (Å²) in [6.45, 7) is 1.48. The quantitative estimate of drug-likeness (QED) is 0.494. The van der Waals surface area contributed by atoms with Crippen LogP contribution in [0.1, 0.15) is 12.5 Å². The highest BCUT2D eigenvalue weighted by Gasteiger charge is 2.35. The average Bonchev–Trinajstić information content (AvgIpc) is 2.85. The zero-order valence-corrected chi connectivity index (χ0v) is 13.0. The van der Waals surface area contributed by atoms with E-state index in [0.717, 1.165) is 0 Å². The van der Waals surface area contributed by atoms with E-state index in [9.17, 15) is 9.59 Å². The smallest absolute Gasteiger partial charge is 0.316 e. The molecule has 0 saturated carbocycles. The molecule has 1 atom stereocenters. The van der Waals surface area contributed by atoms with E-state index in [-0.39, 0.29) is 11.6 Å². The van der Waals surface area contributed by atoms with Gasteiger partial charge in [0.1, 0.15) is 5.38 Å². The van der Waals surface area contributed by atoms with E-state index in [2.05, 4.69) is 5.16 Å². The molecule has 5 nitrogen and oxygen atoms in total. The third kappa shape index (κ3) is 2.83. The Morgan fingerprint density at radius 3 is 2.48 bits per heavy atom. The van der Waals surface area contributed by atoms with Crippen molar-refractivity contribution in [2.75, 3.05) is 4.90 Å². The average molecular weight is 329 g/mol. The van der Waals surface area contributed by atoms with Gasteiger partial charge in [0, 0.05) is 11.3 Å². The zero-order valence-electron chi connectivity index (χ0n) is 12.3. The topological polar surface area (TPSA) is 59.0 Å². The highest BCUT2D eigenvalue weighted by molar-refractivity contribution is 6.55. The standard InChI is InChI=1S/C17H13ClN2O3/c1-11(18)17(22)23-19-15-13-9-5-6-10-14(13)20(16(15)21)12-7-3-2-4-8-12/h2-11H,1H3/b19-15-. The largest absolute Gasteiger partial charge is 0.352 e. The van der Waals surface area contributed by atoms with Crippen LogP contribution in [-0.2, 0) is 14.4 Å². The number of carbonyl (C=O) groups is 2. The molecule has 0 aliphatic carbocycles. The van der Waals surface area contributed by atoms with Crippen LogP contribution in [0, 0.1) is 0 Å². The maximum absolute atomic E-state index is 12.7. The van der Waals surface area contributed by atoms with Crippen molar-refractivity contribution in [3.8, 4) is 0 Å². The predicted molar refractivity (Wildman–Crippen MR) is 88.0 cm³/mol. The van der Waals surface area contributed by atoms with Crippen LogP contribution in [0.5, 0.6) is 0 Å². The Morgan fingerprint density at radius 1 is 1.13 bits per heavy atom. The molecule has 0 saturated heterocycles. The Morgan fingerprint density at radius 2 is 1.78 bits per heavy atom. The van der Waals surface area contributed by atoms with Gasteiger partial charge in [0.25, 0.3) is 5.91 Å². The van der Waals surface area contributed by atoms with Crippen molar-refractivity contribution in [3.05, 3.63) is 60.2 Å². The first-order chi connectivity index (χ1) is 11.1. The van der Waals surface area contributed by atoms with E-state index in [1.165, 1.54) is 11.8 Å². The van der Waals surface area contributed by atoms with Gasteiger partial charge in [-0.25, -0.2) is 4.79 Å². The van der Waals surface area contributed by atoms with Gasteiger partial charge < -0.3 is 4.84 Å². The van der Waals surface area contributed by atoms with Crippen LogP contribution in [0.25, 0.3) is 0 Å². The van der Waals surface area contributed by atoms with Crippen LogP contribution in [0.15, 0.2) is 59.8 Å². The molecule has 1 aliphatic rings. The van der Waals surface area contributed by atoms with Crippen LogP contribution in [0.2, 0.25) is 0 Å². The molecule has 0 spiro atoms. The molecule has 2 aromatic rings. The van der Waals surface area contributed by atoms with Crippen LogP contribution in [-0.4, -0.2) is 23.0 Å². The molecule has 23 heavy (non-hydrogen) atoms. The molecule has 0 aromatic heterocycles. The molecule has 1 amide bonds. The van der Waals surface area contributed by atoms with Crippen LogP contribution >= 0.6 is 11.6 Å². The maximum atomic E-state index is 12.7. The minimum absolute atomic E-state index is 0.0788. The summed E-state index contributed by atoms with van der Waals surface area (Å²) in [6.07, 6.45) is 0.